The summed E-state index contributed by atoms with van der Waals surface area (Å²) in [6.45, 7) is 7.34. The molecule has 0 radical (unpaired) electrons. The Hall–Kier alpha value is -0.670. The smallest absolute Gasteiger partial charge is 0.0439 e. The molecule has 0 amide bonds. The minimum Gasteiger partial charge on any atom is -0.309 e. The monoisotopic (exact) mass is 253 g/mol. The van der Waals surface area contributed by atoms with Crippen molar-refractivity contribution in [3.63, 3.8) is 0 Å². The molecule has 0 aliphatic carbocycles. The lowest BCUT2D eigenvalue weighted by Gasteiger charge is -2.20. The average molecular weight is 253 g/mol. The molecule has 0 spiro atoms. The molecule has 0 saturated heterocycles. The van der Waals surface area contributed by atoms with Crippen LogP contribution >= 0.6 is 0 Å². The highest BCUT2D eigenvalue weighted by molar-refractivity contribution is 7.84. The maximum absolute atomic E-state index is 11.5. The molecule has 0 aliphatic rings. The molecule has 1 aromatic rings. The van der Waals surface area contributed by atoms with Crippen molar-refractivity contribution < 1.29 is 4.21 Å². The van der Waals surface area contributed by atoms with E-state index in [1.807, 2.05) is 0 Å². The van der Waals surface area contributed by atoms with Gasteiger partial charge in [-0.05, 0) is 37.9 Å². The van der Waals surface area contributed by atoms with Crippen molar-refractivity contribution in [3.8, 4) is 0 Å². The summed E-state index contributed by atoms with van der Waals surface area (Å²) < 4.78 is 11.5. The van der Waals surface area contributed by atoms with E-state index in [0.717, 1.165) is 13.0 Å². The molecular formula is C14H23NOS. The fourth-order valence-corrected chi connectivity index (χ4v) is 2.71. The van der Waals surface area contributed by atoms with Gasteiger partial charge in [0, 0.05) is 28.9 Å². The maximum atomic E-state index is 11.5. The van der Waals surface area contributed by atoms with Gasteiger partial charge in [-0.3, -0.25) is 4.21 Å². The van der Waals surface area contributed by atoms with Crippen LogP contribution in [0.25, 0.3) is 0 Å². The van der Waals surface area contributed by atoms with E-state index in [1.54, 1.807) is 6.26 Å². The fourth-order valence-electron chi connectivity index (χ4n) is 1.95. The first-order chi connectivity index (χ1) is 8.04. The van der Waals surface area contributed by atoms with Gasteiger partial charge < -0.3 is 5.32 Å². The van der Waals surface area contributed by atoms with Gasteiger partial charge in [-0.25, -0.2) is 0 Å². The molecule has 1 aromatic carbocycles. The summed E-state index contributed by atoms with van der Waals surface area (Å²) in [5.41, 5.74) is 3.82. The predicted octanol–water partition coefficient (Wildman–Crippen LogP) is 2.72. The molecule has 1 N–H and O–H groups in total. The third-order valence-electron chi connectivity index (χ3n) is 2.85. The second kappa shape index (κ2) is 6.92. The fraction of sp³-hybridized carbons (Fsp3) is 0.571. The van der Waals surface area contributed by atoms with Gasteiger partial charge in [0.25, 0.3) is 0 Å². The summed E-state index contributed by atoms with van der Waals surface area (Å²) in [5.74, 6) is 0.685. The van der Waals surface area contributed by atoms with Crippen LogP contribution in [0.1, 0.15) is 36.1 Å². The van der Waals surface area contributed by atoms with Gasteiger partial charge in [0.05, 0.1) is 0 Å². The number of nitrogens with one attached hydrogen (secondary N) is 1. The quantitative estimate of drug-likeness (QED) is 0.844. The molecule has 2 atom stereocenters. The average Bonchev–Trinajstić information content (AvgIpc) is 2.27. The van der Waals surface area contributed by atoms with E-state index in [4.69, 9.17) is 0 Å². The van der Waals surface area contributed by atoms with Crippen molar-refractivity contribution in [3.05, 3.63) is 34.9 Å². The zero-order valence-corrected chi connectivity index (χ0v) is 12.1. The van der Waals surface area contributed by atoms with Crippen LogP contribution in [0, 0.1) is 13.8 Å². The number of hydrogen-bond acceptors (Lipinski definition) is 2. The molecule has 0 fully saturated rings. The summed E-state index contributed by atoms with van der Waals surface area (Å²) in [6, 6.07) is 6.68. The van der Waals surface area contributed by atoms with E-state index >= 15 is 0 Å². The van der Waals surface area contributed by atoms with Crippen LogP contribution < -0.4 is 5.32 Å². The van der Waals surface area contributed by atoms with Crippen LogP contribution in [0.3, 0.4) is 0 Å². The van der Waals surface area contributed by atoms with Crippen molar-refractivity contribution >= 4 is 10.8 Å². The molecule has 0 bridgehead atoms. The van der Waals surface area contributed by atoms with Crippen molar-refractivity contribution in [1.82, 2.24) is 5.32 Å². The Kier molecular flexibility index (Phi) is 5.86. The standard InChI is InChI=1S/C14H23NOS/c1-5-8-15-14(10-17(4)16)13-9-11(2)6-7-12(13)3/h6-7,9,14-15H,5,8,10H2,1-4H3. The summed E-state index contributed by atoms with van der Waals surface area (Å²) in [7, 11) is -0.777. The number of hydrogen-bond donors (Lipinski definition) is 1. The number of aryl methyl sites for hydroxylation is 2. The van der Waals surface area contributed by atoms with Crippen LogP contribution in [0.5, 0.6) is 0 Å². The molecule has 0 aliphatic heterocycles. The summed E-state index contributed by atoms with van der Waals surface area (Å²) in [6.07, 6.45) is 2.86. The number of rotatable bonds is 6. The van der Waals surface area contributed by atoms with Gasteiger partial charge in [-0.2, -0.15) is 0 Å². The Morgan fingerprint density at radius 2 is 2.06 bits per heavy atom. The first-order valence-electron chi connectivity index (χ1n) is 6.15. The lowest BCUT2D eigenvalue weighted by atomic mass is 10.00. The Morgan fingerprint density at radius 3 is 2.65 bits per heavy atom. The molecular weight excluding hydrogens is 230 g/mol. The normalized spacial score (nSPS) is 14.6. The predicted molar refractivity (Wildman–Crippen MR) is 75.9 cm³/mol. The number of benzene rings is 1. The summed E-state index contributed by atoms with van der Waals surface area (Å²) >= 11 is 0. The highest BCUT2D eigenvalue weighted by Crippen LogP contribution is 2.20. The molecule has 1 rings (SSSR count). The van der Waals surface area contributed by atoms with E-state index < -0.39 is 10.8 Å². The maximum Gasteiger partial charge on any atom is 0.0439 e. The van der Waals surface area contributed by atoms with Crippen LogP contribution in [-0.4, -0.2) is 22.8 Å². The zero-order valence-electron chi connectivity index (χ0n) is 11.2. The first kappa shape index (κ1) is 14.4. The van der Waals surface area contributed by atoms with Gasteiger partial charge in [-0.1, -0.05) is 30.7 Å². The summed E-state index contributed by atoms with van der Waals surface area (Å²) in [4.78, 5) is 0. The second-order valence-corrected chi connectivity index (χ2v) is 6.09. The third kappa shape index (κ3) is 4.60. The Morgan fingerprint density at radius 1 is 1.35 bits per heavy atom. The van der Waals surface area contributed by atoms with Crippen molar-refractivity contribution in [2.75, 3.05) is 18.6 Å². The summed E-state index contributed by atoms with van der Waals surface area (Å²) in [5, 5.41) is 3.49. The van der Waals surface area contributed by atoms with Gasteiger partial charge in [0.2, 0.25) is 0 Å². The molecule has 2 unspecified atom stereocenters. The first-order valence-corrected chi connectivity index (χ1v) is 7.88. The molecule has 96 valence electrons. The highest BCUT2D eigenvalue weighted by atomic mass is 32.2. The Bertz CT molecular complexity index is 390. The van der Waals surface area contributed by atoms with Gasteiger partial charge in [-0.15, -0.1) is 0 Å². The van der Waals surface area contributed by atoms with E-state index in [1.165, 1.54) is 16.7 Å². The zero-order chi connectivity index (χ0) is 12.8. The second-order valence-electron chi connectivity index (χ2n) is 4.61. The molecule has 0 aromatic heterocycles. The van der Waals surface area contributed by atoms with Crippen molar-refractivity contribution in [1.29, 1.82) is 0 Å². The lowest BCUT2D eigenvalue weighted by molar-refractivity contribution is 0.568. The van der Waals surface area contributed by atoms with Crippen LogP contribution in [0.2, 0.25) is 0 Å². The van der Waals surface area contributed by atoms with Gasteiger partial charge >= 0.3 is 0 Å². The minimum atomic E-state index is -0.777. The highest BCUT2D eigenvalue weighted by Gasteiger charge is 2.14. The lowest BCUT2D eigenvalue weighted by Crippen LogP contribution is -2.27. The molecule has 3 heteroatoms. The van der Waals surface area contributed by atoms with Gasteiger partial charge in [0.15, 0.2) is 0 Å². The van der Waals surface area contributed by atoms with Crippen LogP contribution in [-0.2, 0) is 10.8 Å². The van der Waals surface area contributed by atoms with Crippen molar-refractivity contribution in [2.45, 2.75) is 33.2 Å². The van der Waals surface area contributed by atoms with Crippen molar-refractivity contribution in [2.24, 2.45) is 0 Å². The van der Waals surface area contributed by atoms with Crippen LogP contribution in [0.4, 0.5) is 0 Å². The van der Waals surface area contributed by atoms with E-state index in [-0.39, 0.29) is 6.04 Å². The van der Waals surface area contributed by atoms with Gasteiger partial charge in [0.1, 0.15) is 0 Å². The topological polar surface area (TPSA) is 29.1 Å². The largest absolute Gasteiger partial charge is 0.309 e. The molecule has 0 saturated carbocycles. The van der Waals surface area contributed by atoms with E-state index in [2.05, 4.69) is 44.3 Å². The molecule has 2 nitrogen and oxygen atoms in total. The van der Waals surface area contributed by atoms with E-state index in [0.29, 0.717) is 5.75 Å². The van der Waals surface area contributed by atoms with E-state index in [9.17, 15) is 4.21 Å². The third-order valence-corrected chi connectivity index (χ3v) is 3.66. The molecule has 0 heterocycles. The minimum absolute atomic E-state index is 0.209. The SMILES string of the molecule is CCCNC(CS(C)=O)c1cc(C)ccc1C. The molecule has 17 heavy (non-hydrogen) atoms. The Balaban J connectivity index is 2.93. The van der Waals surface area contributed by atoms with Crippen LogP contribution in [0.15, 0.2) is 18.2 Å². The Labute approximate surface area is 107 Å².